The molecule has 1 nitrogen and oxygen atoms in total. The molecule has 0 aliphatic heterocycles. The molecule has 0 aliphatic rings. The molecule has 114 valence electrons. The average Bonchev–Trinajstić information content (AvgIpc) is 2.91. The maximum absolute atomic E-state index is 3.67. The Morgan fingerprint density at radius 2 is 1.67 bits per heavy atom. The van der Waals surface area contributed by atoms with Gasteiger partial charge in [-0.15, -0.1) is 0 Å². The lowest BCUT2D eigenvalue weighted by Crippen LogP contribution is -2.40. The molecule has 2 aromatic rings. The van der Waals surface area contributed by atoms with Crippen LogP contribution in [0.25, 0.3) is 0 Å². The van der Waals surface area contributed by atoms with Crippen molar-refractivity contribution >= 4 is 11.3 Å². The lowest BCUT2D eigenvalue weighted by Gasteiger charge is -2.25. The quantitative estimate of drug-likeness (QED) is 0.804. The Labute approximate surface area is 133 Å². The van der Waals surface area contributed by atoms with Gasteiger partial charge in [0.05, 0.1) is 0 Å². The van der Waals surface area contributed by atoms with E-state index in [0.717, 1.165) is 19.4 Å². The molecule has 1 unspecified atom stereocenters. The molecule has 0 saturated carbocycles. The Hall–Kier alpha value is -1.12. The molecule has 0 amide bonds. The molecule has 1 aromatic heterocycles. The maximum atomic E-state index is 3.67. The highest BCUT2D eigenvalue weighted by atomic mass is 32.1. The normalized spacial score (nSPS) is 13.3. The second kappa shape index (κ2) is 7.24. The average molecular weight is 301 g/mol. The number of rotatable bonds is 6. The van der Waals surface area contributed by atoms with Crippen LogP contribution >= 0.6 is 11.3 Å². The fraction of sp³-hybridized carbons (Fsp3) is 0.474. The van der Waals surface area contributed by atoms with Crippen molar-refractivity contribution in [1.82, 2.24) is 5.32 Å². The molecule has 0 bridgehead atoms. The summed E-state index contributed by atoms with van der Waals surface area (Å²) in [5.74, 6) is 0.640. The van der Waals surface area contributed by atoms with Crippen molar-refractivity contribution in [2.45, 2.75) is 46.1 Å². The number of hydrogen-bond acceptors (Lipinski definition) is 2. The van der Waals surface area contributed by atoms with Gasteiger partial charge in [0.15, 0.2) is 0 Å². The molecule has 21 heavy (non-hydrogen) atoms. The van der Waals surface area contributed by atoms with E-state index in [9.17, 15) is 0 Å². The number of aryl methyl sites for hydroxylation is 1. The summed E-state index contributed by atoms with van der Waals surface area (Å²) >= 11 is 1.79. The van der Waals surface area contributed by atoms with Crippen molar-refractivity contribution in [2.24, 2.45) is 5.92 Å². The van der Waals surface area contributed by atoms with Crippen molar-refractivity contribution in [3.8, 4) is 0 Å². The van der Waals surface area contributed by atoms with Crippen LogP contribution in [0.1, 0.15) is 37.5 Å². The summed E-state index contributed by atoms with van der Waals surface area (Å²) in [7, 11) is 0. The van der Waals surface area contributed by atoms with Crippen LogP contribution in [0.5, 0.6) is 0 Å². The predicted molar refractivity (Wildman–Crippen MR) is 94.2 cm³/mol. The lowest BCUT2D eigenvalue weighted by atomic mass is 9.92. The van der Waals surface area contributed by atoms with Gasteiger partial charge in [0.2, 0.25) is 0 Å². The van der Waals surface area contributed by atoms with Gasteiger partial charge in [-0.25, -0.2) is 0 Å². The predicted octanol–water partition coefficient (Wildman–Crippen LogP) is 4.85. The van der Waals surface area contributed by atoms with E-state index in [0.29, 0.717) is 5.92 Å². The Morgan fingerprint density at radius 1 is 1.00 bits per heavy atom. The van der Waals surface area contributed by atoms with Crippen LogP contribution in [-0.4, -0.2) is 12.1 Å². The van der Waals surface area contributed by atoms with Gasteiger partial charge in [-0.05, 0) is 81.0 Å². The van der Waals surface area contributed by atoms with Crippen LogP contribution < -0.4 is 5.32 Å². The summed E-state index contributed by atoms with van der Waals surface area (Å²) in [6, 6.07) is 11.2. The Bertz CT molecular complexity index is 520. The SMILES string of the molecule is Cc1ccc(CC(CNC(C)(C)C)Cc2ccsc2)cc1. The standard InChI is InChI=1S/C19H27NS/c1-15-5-7-16(8-6-15)11-18(13-20-19(2,3)4)12-17-9-10-21-14-17/h5-10,14,18,20H,11-13H2,1-4H3. The van der Waals surface area contributed by atoms with Crippen LogP contribution in [0, 0.1) is 12.8 Å². The highest BCUT2D eigenvalue weighted by Crippen LogP contribution is 2.18. The monoisotopic (exact) mass is 301 g/mol. The zero-order valence-corrected chi connectivity index (χ0v) is 14.5. The van der Waals surface area contributed by atoms with Gasteiger partial charge in [0.1, 0.15) is 0 Å². The van der Waals surface area contributed by atoms with Crippen LogP contribution in [0.2, 0.25) is 0 Å². The molecule has 1 heterocycles. The van der Waals surface area contributed by atoms with Crippen molar-refractivity contribution < 1.29 is 0 Å². The van der Waals surface area contributed by atoms with Crippen molar-refractivity contribution in [3.63, 3.8) is 0 Å². The van der Waals surface area contributed by atoms with Gasteiger partial charge in [0, 0.05) is 5.54 Å². The number of thiophene rings is 1. The number of hydrogen-bond donors (Lipinski definition) is 1. The Balaban J connectivity index is 2.01. The van der Waals surface area contributed by atoms with E-state index >= 15 is 0 Å². The summed E-state index contributed by atoms with van der Waals surface area (Å²) < 4.78 is 0. The molecular weight excluding hydrogens is 274 g/mol. The highest BCUT2D eigenvalue weighted by Gasteiger charge is 2.15. The van der Waals surface area contributed by atoms with E-state index in [2.05, 4.69) is 74.1 Å². The molecular formula is C19H27NS. The fourth-order valence-electron chi connectivity index (χ4n) is 2.47. The molecule has 1 N–H and O–H groups in total. The van der Waals surface area contributed by atoms with Crippen molar-refractivity contribution in [1.29, 1.82) is 0 Å². The highest BCUT2D eigenvalue weighted by molar-refractivity contribution is 7.07. The van der Waals surface area contributed by atoms with Crippen LogP contribution in [-0.2, 0) is 12.8 Å². The number of nitrogens with one attached hydrogen (secondary N) is 1. The smallest absolute Gasteiger partial charge is 0.00966 e. The minimum Gasteiger partial charge on any atom is -0.312 e. The first kappa shape index (κ1) is 16.3. The molecule has 0 aliphatic carbocycles. The first-order chi connectivity index (χ1) is 9.92. The van der Waals surface area contributed by atoms with E-state index in [-0.39, 0.29) is 5.54 Å². The zero-order chi connectivity index (χ0) is 15.3. The first-order valence-corrected chi connectivity index (χ1v) is 8.68. The van der Waals surface area contributed by atoms with Gasteiger partial charge in [-0.2, -0.15) is 11.3 Å². The van der Waals surface area contributed by atoms with Gasteiger partial charge in [0.25, 0.3) is 0 Å². The topological polar surface area (TPSA) is 12.0 Å². The van der Waals surface area contributed by atoms with Crippen molar-refractivity contribution in [3.05, 3.63) is 57.8 Å². The second-order valence-corrected chi connectivity index (χ2v) is 7.80. The largest absolute Gasteiger partial charge is 0.312 e. The summed E-state index contributed by atoms with van der Waals surface area (Å²) in [6.45, 7) is 9.92. The van der Waals surface area contributed by atoms with Crippen LogP contribution in [0.4, 0.5) is 0 Å². The van der Waals surface area contributed by atoms with Crippen LogP contribution in [0.15, 0.2) is 41.1 Å². The first-order valence-electron chi connectivity index (χ1n) is 7.74. The Kier molecular flexibility index (Phi) is 5.60. The van der Waals surface area contributed by atoms with E-state index in [4.69, 9.17) is 0 Å². The Morgan fingerprint density at radius 3 is 2.24 bits per heavy atom. The van der Waals surface area contributed by atoms with E-state index in [1.165, 1.54) is 16.7 Å². The van der Waals surface area contributed by atoms with E-state index < -0.39 is 0 Å². The minimum absolute atomic E-state index is 0.181. The summed E-state index contributed by atoms with van der Waals surface area (Å²) in [6.07, 6.45) is 2.29. The third-order valence-electron chi connectivity index (χ3n) is 3.67. The molecule has 1 aromatic carbocycles. The van der Waals surface area contributed by atoms with Gasteiger partial charge in [-0.1, -0.05) is 29.8 Å². The molecule has 0 fully saturated rings. The number of benzene rings is 1. The van der Waals surface area contributed by atoms with Crippen LogP contribution in [0.3, 0.4) is 0 Å². The third-order valence-corrected chi connectivity index (χ3v) is 4.40. The third kappa shape index (κ3) is 6.03. The van der Waals surface area contributed by atoms with E-state index in [1.807, 2.05) is 0 Å². The maximum Gasteiger partial charge on any atom is 0.00966 e. The van der Waals surface area contributed by atoms with Gasteiger partial charge >= 0.3 is 0 Å². The van der Waals surface area contributed by atoms with Gasteiger partial charge < -0.3 is 5.32 Å². The summed E-state index contributed by atoms with van der Waals surface area (Å²) in [4.78, 5) is 0. The lowest BCUT2D eigenvalue weighted by molar-refractivity contribution is 0.367. The van der Waals surface area contributed by atoms with Crippen molar-refractivity contribution in [2.75, 3.05) is 6.54 Å². The fourth-order valence-corrected chi connectivity index (χ4v) is 3.15. The summed E-state index contributed by atoms with van der Waals surface area (Å²) in [5.41, 5.74) is 4.42. The molecule has 1 atom stereocenters. The second-order valence-electron chi connectivity index (χ2n) is 7.02. The molecule has 2 heteroatoms. The van der Waals surface area contributed by atoms with Gasteiger partial charge in [-0.3, -0.25) is 0 Å². The molecule has 0 saturated heterocycles. The van der Waals surface area contributed by atoms with E-state index in [1.54, 1.807) is 11.3 Å². The molecule has 0 radical (unpaired) electrons. The zero-order valence-electron chi connectivity index (χ0n) is 13.6. The molecule has 0 spiro atoms. The molecule has 2 rings (SSSR count). The minimum atomic E-state index is 0.181. The summed E-state index contributed by atoms with van der Waals surface area (Å²) in [5, 5.41) is 8.12.